The Bertz CT molecular complexity index is 677. The summed E-state index contributed by atoms with van der Waals surface area (Å²) in [6, 6.07) is 13.6. The van der Waals surface area contributed by atoms with E-state index in [0.29, 0.717) is 0 Å². The molecule has 3 rings (SSSR count). The number of aryl methyl sites for hydroxylation is 2. The van der Waals surface area contributed by atoms with Crippen molar-refractivity contribution in [1.29, 1.82) is 0 Å². The van der Waals surface area contributed by atoms with Crippen LogP contribution in [0.2, 0.25) is 0 Å². The van der Waals surface area contributed by atoms with Crippen LogP contribution in [0.25, 0.3) is 11.3 Å². The van der Waals surface area contributed by atoms with Gasteiger partial charge in [0.25, 0.3) is 0 Å². The van der Waals surface area contributed by atoms with E-state index in [0.717, 1.165) is 24.0 Å². The molecule has 1 aliphatic carbocycles. The maximum atomic E-state index is 4.71. The lowest BCUT2D eigenvalue weighted by atomic mass is 9.78. The minimum absolute atomic E-state index is 0.953. The predicted molar refractivity (Wildman–Crippen MR) is 126 cm³/mol. The fourth-order valence-electron chi connectivity index (χ4n) is 4.84. The first kappa shape index (κ1) is 22.1. The lowest BCUT2D eigenvalue weighted by Gasteiger charge is -2.28. The normalized spacial score (nSPS) is 19.4. The summed E-state index contributed by atoms with van der Waals surface area (Å²) in [6.45, 7) is 4.57. The first-order valence-corrected chi connectivity index (χ1v) is 12.3. The highest BCUT2D eigenvalue weighted by Crippen LogP contribution is 2.34. The molecule has 29 heavy (non-hydrogen) atoms. The van der Waals surface area contributed by atoms with E-state index in [1.807, 2.05) is 0 Å². The molecule has 1 aromatic heterocycles. The van der Waals surface area contributed by atoms with Crippen LogP contribution in [0.15, 0.2) is 42.6 Å². The third-order valence-corrected chi connectivity index (χ3v) is 6.92. The summed E-state index contributed by atoms with van der Waals surface area (Å²) in [5.41, 5.74) is 5.19. The molecule has 1 aromatic carbocycles. The Morgan fingerprint density at radius 3 is 1.97 bits per heavy atom. The van der Waals surface area contributed by atoms with Crippen LogP contribution in [0.1, 0.15) is 95.6 Å². The minimum Gasteiger partial charge on any atom is -0.256 e. The van der Waals surface area contributed by atoms with Crippen molar-refractivity contribution in [3.05, 3.63) is 53.7 Å². The highest BCUT2D eigenvalue weighted by molar-refractivity contribution is 5.59. The fourth-order valence-corrected chi connectivity index (χ4v) is 4.84. The summed E-state index contributed by atoms with van der Waals surface area (Å²) in [5.74, 6) is 1.98. The quantitative estimate of drug-likeness (QED) is 0.350. The standard InChI is InChI=1S/C28H41N/c1-3-5-7-9-26-18-21-28(29-22-26)27-19-16-25(17-20-27)15-14-24-12-10-23(11-13-24)8-6-4-2/h16-24H,3-15H2,1-2H3. The molecule has 0 bridgehead atoms. The van der Waals surface area contributed by atoms with Gasteiger partial charge >= 0.3 is 0 Å². The minimum atomic E-state index is 0.953. The van der Waals surface area contributed by atoms with E-state index in [4.69, 9.17) is 4.98 Å². The van der Waals surface area contributed by atoms with E-state index in [9.17, 15) is 0 Å². The zero-order valence-corrected chi connectivity index (χ0v) is 18.8. The molecule has 0 spiro atoms. The summed E-state index contributed by atoms with van der Waals surface area (Å²) in [6.07, 6.45) is 19.8. The Morgan fingerprint density at radius 2 is 1.34 bits per heavy atom. The molecule has 1 saturated carbocycles. The van der Waals surface area contributed by atoms with Gasteiger partial charge in [0.15, 0.2) is 0 Å². The fraction of sp³-hybridized carbons (Fsp3) is 0.607. The van der Waals surface area contributed by atoms with Crippen LogP contribution in [0.5, 0.6) is 0 Å². The van der Waals surface area contributed by atoms with Gasteiger partial charge in [0.1, 0.15) is 0 Å². The Morgan fingerprint density at radius 1 is 0.690 bits per heavy atom. The average molecular weight is 392 g/mol. The molecule has 0 amide bonds. The van der Waals surface area contributed by atoms with Crippen molar-refractivity contribution < 1.29 is 0 Å². The molecule has 0 unspecified atom stereocenters. The third kappa shape index (κ3) is 7.28. The van der Waals surface area contributed by atoms with Crippen LogP contribution in [0.3, 0.4) is 0 Å². The van der Waals surface area contributed by atoms with Gasteiger partial charge in [-0.1, -0.05) is 102 Å². The van der Waals surface area contributed by atoms with Crippen LogP contribution >= 0.6 is 0 Å². The monoisotopic (exact) mass is 391 g/mol. The first-order valence-electron chi connectivity index (χ1n) is 12.3. The molecule has 1 nitrogen and oxygen atoms in total. The number of rotatable bonds is 11. The predicted octanol–water partition coefficient (Wildman–Crippen LogP) is 8.41. The van der Waals surface area contributed by atoms with Crippen molar-refractivity contribution in [3.8, 4) is 11.3 Å². The van der Waals surface area contributed by atoms with E-state index in [-0.39, 0.29) is 0 Å². The van der Waals surface area contributed by atoms with E-state index < -0.39 is 0 Å². The highest BCUT2D eigenvalue weighted by Gasteiger charge is 2.20. The number of unbranched alkanes of at least 4 members (excludes halogenated alkanes) is 3. The zero-order chi connectivity index (χ0) is 20.3. The topological polar surface area (TPSA) is 12.9 Å². The molecule has 1 aliphatic rings. The Hall–Kier alpha value is -1.63. The van der Waals surface area contributed by atoms with Gasteiger partial charge in [-0.05, 0) is 54.7 Å². The van der Waals surface area contributed by atoms with E-state index in [2.05, 4.69) is 56.4 Å². The number of nitrogens with zero attached hydrogens (tertiary/aromatic N) is 1. The van der Waals surface area contributed by atoms with Crippen molar-refractivity contribution in [2.45, 2.75) is 97.3 Å². The summed E-state index contributed by atoms with van der Waals surface area (Å²) in [7, 11) is 0. The number of pyridine rings is 1. The molecular weight excluding hydrogens is 350 g/mol. The maximum absolute atomic E-state index is 4.71. The smallest absolute Gasteiger partial charge is 0.0702 e. The SMILES string of the molecule is CCCCCc1ccc(-c2ccc(CCC3CCC(CCCC)CC3)cc2)nc1. The molecule has 158 valence electrons. The van der Waals surface area contributed by atoms with Gasteiger partial charge in [-0.15, -0.1) is 0 Å². The van der Waals surface area contributed by atoms with Crippen molar-refractivity contribution >= 4 is 0 Å². The van der Waals surface area contributed by atoms with Gasteiger partial charge in [0.05, 0.1) is 5.69 Å². The molecule has 1 heterocycles. The van der Waals surface area contributed by atoms with Crippen LogP contribution < -0.4 is 0 Å². The number of aromatic nitrogens is 1. The Labute approximate surface area is 179 Å². The van der Waals surface area contributed by atoms with Crippen molar-refractivity contribution in [2.24, 2.45) is 11.8 Å². The summed E-state index contributed by atoms with van der Waals surface area (Å²) in [5, 5.41) is 0. The van der Waals surface area contributed by atoms with Gasteiger partial charge in [0.2, 0.25) is 0 Å². The van der Waals surface area contributed by atoms with Crippen molar-refractivity contribution in [2.75, 3.05) is 0 Å². The molecule has 0 saturated heterocycles. The van der Waals surface area contributed by atoms with Gasteiger partial charge < -0.3 is 0 Å². The number of benzene rings is 1. The number of hydrogen-bond donors (Lipinski definition) is 0. The molecule has 1 fully saturated rings. The second kappa shape index (κ2) is 12.2. The summed E-state index contributed by atoms with van der Waals surface area (Å²) in [4.78, 5) is 4.71. The molecule has 0 aliphatic heterocycles. The van der Waals surface area contributed by atoms with Crippen LogP contribution in [-0.4, -0.2) is 4.98 Å². The first-order chi connectivity index (χ1) is 14.3. The van der Waals surface area contributed by atoms with E-state index >= 15 is 0 Å². The largest absolute Gasteiger partial charge is 0.256 e. The highest BCUT2D eigenvalue weighted by atomic mass is 14.7. The Balaban J connectivity index is 1.43. The zero-order valence-electron chi connectivity index (χ0n) is 18.8. The Kier molecular flexibility index (Phi) is 9.25. The van der Waals surface area contributed by atoms with E-state index in [1.165, 1.54) is 93.7 Å². The second-order valence-corrected chi connectivity index (χ2v) is 9.27. The molecule has 1 heteroatoms. The van der Waals surface area contributed by atoms with Crippen LogP contribution in [0.4, 0.5) is 0 Å². The van der Waals surface area contributed by atoms with Crippen molar-refractivity contribution in [3.63, 3.8) is 0 Å². The maximum Gasteiger partial charge on any atom is 0.0702 e. The molecule has 0 atom stereocenters. The number of hydrogen-bond acceptors (Lipinski definition) is 1. The van der Waals surface area contributed by atoms with Crippen molar-refractivity contribution in [1.82, 2.24) is 4.98 Å². The molecule has 0 N–H and O–H groups in total. The lowest BCUT2D eigenvalue weighted by Crippen LogP contribution is -2.15. The van der Waals surface area contributed by atoms with Gasteiger partial charge in [-0.2, -0.15) is 0 Å². The molecular formula is C28H41N. The van der Waals surface area contributed by atoms with Gasteiger partial charge in [-0.3, -0.25) is 4.98 Å². The van der Waals surface area contributed by atoms with Gasteiger partial charge in [0, 0.05) is 11.8 Å². The molecule has 0 radical (unpaired) electrons. The van der Waals surface area contributed by atoms with Gasteiger partial charge in [-0.25, -0.2) is 0 Å². The second-order valence-electron chi connectivity index (χ2n) is 9.27. The van der Waals surface area contributed by atoms with E-state index in [1.54, 1.807) is 0 Å². The summed E-state index contributed by atoms with van der Waals surface area (Å²) >= 11 is 0. The third-order valence-electron chi connectivity index (χ3n) is 6.92. The van der Waals surface area contributed by atoms with Crippen LogP contribution in [-0.2, 0) is 12.8 Å². The average Bonchev–Trinajstić information content (AvgIpc) is 2.78. The summed E-state index contributed by atoms with van der Waals surface area (Å²) < 4.78 is 0. The lowest BCUT2D eigenvalue weighted by molar-refractivity contribution is 0.250. The molecule has 2 aromatic rings. The van der Waals surface area contributed by atoms with Crippen LogP contribution in [0, 0.1) is 11.8 Å².